The predicted molar refractivity (Wildman–Crippen MR) is 83.4 cm³/mol. The van der Waals surface area contributed by atoms with Crippen LogP contribution in [0, 0.1) is 0 Å². The molecule has 112 valence electrons. The topological polar surface area (TPSA) is 94.1 Å². The summed E-state index contributed by atoms with van der Waals surface area (Å²) in [5.74, 6) is 0. The maximum atomic E-state index is 12.6. The number of alkyl halides is 2. The lowest BCUT2D eigenvalue weighted by atomic mass is 10.5. The van der Waals surface area contributed by atoms with Crippen molar-refractivity contribution in [3.8, 4) is 0 Å². The molecule has 0 saturated heterocycles. The third kappa shape index (κ3) is 2.77. The van der Waals surface area contributed by atoms with Crippen molar-refractivity contribution >= 4 is 51.5 Å². The molecule has 0 fully saturated rings. The van der Waals surface area contributed by atoms with Gasteiger partial charge in [-0.25, -0.2) is 16.8 Å². The largest absolute Gasteiger partial charge is 0.289 e. The fourth-order valence-electron chi connectivity index (χ4n) is 1.45. The molecule has 0 radical (unpaired) electrons. The highest BCUT2D eigenvalue weighted by molar-refractivity contribution is 9.30. The van der Waals surface area contributed by atoms with E-state index in [2.05, 4.69) is 41.8 Å². The monoisotopic (exact) mass is 454 g/mol. The molecule has 2 aromatic rings. The minimum Gasteiger partial charge on any atom is -0.265 e. The Balaban J connectivity index is 2.62. The van der Waals surface area contributed by atoms with E-state index in [0.717, 1.165) is 0 Å². The standard InChI is InChI=1S/C11H8Br2N2O4S2/c12-11(13,20(16,17)9-1-5-14-6-2-9)21(18,19)10-3-7-15-8-4-10/h1-8H. The quantitative estimate of drug-likeness (QED) is 0.655. The summed E-state index contributed by atoms with van der Waals surface area (Å²) in [6.07, 6.45) is 5.06. The number of rotatable bonds is 4. The van der Waals surface area contributed by atoms with Crippen LogP contribution in [0.5, 0.6) is 0 Å². The maximum Gasteiger partial charge on any atom is 0.289 e. The molecule has 0 aliphatic heterocycles. The first kappa shape index (κ1) is 16.5. The molecule has 0 aromatic carbocycles. The highest BCUT2D eigenvalue weighted by atomic mass is 79.9. The summed E-state index contributed by atoms with van der Waals surface area (Å²) in [5, 5.41) is 0. The minimum absolute atomic E-state index is 0.177. The predicted octanol–water partition coefficient (Wildman–Crippen LogP) is 2.13. The van der Waals surface area contributed by atoms with Gasteiger partial charge < -0.3 is 0 Å². The summed E-state index contributed by atoms with van der Waals surface area (Å²) in [7, 11) is -8.52. The second-order valence-electron chi connectivity index (χ2n) is 3.84. The van der Waals surface area contributed by atoms with E-state index in [9.17, 15) is 16.8 Å². The molecular formula is C11H8Br2N2O4S2. The first-order valence-corrected chi connectivity index (χ1v) is 9.93. The lowest BCUT2D eigenvalue weighted by Crippen LogP contribution is -2.34. The van der Waals surface area contributed by atoms with Crippen molar-refractivity contribution in [3.05, 3.63) is 49.1 Å². The first-order chi connectivity index (χ1) is 9.71. The lowest BCUT2D eigenvalue weighted by Gasteiger charge is -2.21. The van der Waals surface area contributed by atoms with Gasteiger partial charge in [-0.2, -0.15) is 0 Å². The number of pyridine rings is 2. The van der Waals surface area contributed by atoms with Gasteiger partial charge in [0.15, 0.2) is 0 Å². The van der Waals surface area contributed by atoms with Gasteiger partial charge in [0.05, 0.1) is 9.79 Å². The summed E-state index contributed by atoms with van der Waals surface area (Å²) < 4.78 is 47.8. The molecule has 10 heteroatoms. The average Bonchev–Trinajstić information content (AvgIpc) is 2.48. The van der Waals surface area contributed by atoms with Crippen molar-refractivity contribution < 1.29 is 16.8 Å². The molecule has 0 spiro atoms. The Morgan fingerprint density at radius 2 is 1.00 bits per heavy atom. The second-order valence-corrected chi connectivity index (χ2v) is 13.8. The Morgan fingerprint density at radius 3 is 1.29 bits per heavy atom. The van der Waals surface area contributed by atoms with Crippen LogP contribution in [0.25, 0.3) is 0 Å². The van der Waals surface area contributed by atoms with E-state index in [1.165, 1.54) is 49.1 Å². The van der Waals surface area contributed by atoms with Gasteiger partial charge in [-0.3, -0.25) is 9.97 Å². The van der Waals surface area contributed by atoms with Gasteiger partial charge in [-0.15, -0.1) is 0 Å². The Labute approximate surface area is 138 Å². The van der Waals surface area contributed by atoms with Gasteiger partial charge in [0.1, 0.15) is 0 Å². The molecule has 2 heterocycles. The van der Waals surface area contributed by atoms with E-state index in [0.29, 0.717) is 0 Å². The molecule has 0 saturated carbocycles. The normalized spacial score (nSPS) is 13.0. The zero-order chi connectivity index (χ0) is 15.7. The SMILES string of the molecule is O=S(=O)(c1ccncc1)C(Br)(Br)S(=O)(=O)c1ccncc1. The van der Waals surface area contributed by atoms with Gasteiger partial charge in [0.25, 0.3) is 1.90 Å². The van der Waals surface area contributed by atoms with Crippen molar-refractivity contribution in [2.45, 2.75) is 11.7 Å². The number of sulfone groups is 2. The summed E-state index contributed by atoms with van der Waals surface area (Å²) in [5.41, 5.74) is 0. The first-order valence-electron chi connectivity index (χ1n) is 5.38. The third-order valence-corrected chi connectivity index (χ3v) is 12.0. The highest BCUT2D eigenvalue weighted by Gasteiger charge is 2.52. The molecule has 0 amide bonds. The van der Waals surface area contributed by atoms with Gasteiger partial charge >= 0.3 is 0 Å². The highest BCUT2D eigenvalue weighted by Crippen LogP contribution is 2.45. The van der Waals surface area contributed by atoms with Crippen molar-refractivity contribution in [1.82, 2.24) is 9.97 Å². The van der Waals surface area contributed by atoms with E-state index in [4.69, 9.17) is 0 Å². The van der Waals surface area contributed by atoms with Crippen molar-refractivity contribution in [2.24, 2.45) is 0 Å². The summed E-state index contributed by atoms with van der Waals surface area (Å²) in [6.45, 7) is 0. The molecule has 21 heavy (non-hydrogen) atoms. The van der Waals surface area contributed by atoms with Crippen LogP contribution >= 0.6 is 31.9 Å². The van der Waals surface area contributed by atoms with E-state index < -0.39 is 21.6 Å². The summed E-state index contributed by atoms with van der Waals surface area (Å²) >= 11 is 5.60. The smallest absolute Gasteiger partial charge is 0.265 e. The van der Waals surface area contributed by atoms with E-state index in [-0.39, 0.29) is 9.79 Å². The van der Waals surface area contributed by atoms with Gasteiger partial charge in [0, 0.05) is 24.8 Å². The van der Waals surface area contributed by atoms with Crippen LogP contribution in [0.3, 0.4) is 0 Å². The number of halogens is 2. The summed E-state index contributed by atoms with van der Waals surface area (Å²) in [4.78, 5) is 7.06. The molecule has 2 aromatic heterocycles. The van der Waals surface area contributed by atoms with Crippen molar-refractivity contribution in [3.63, 3.8) is 0 Å². The van der Waals surface area contributed by atoms with Crippen LogP contribution in [0.4, 0.5) is 0 Å². The molecule has 0 N–H and O–H groups in total. The minimum atomic E-state index is -4.26. The van der Waals surface area contributed by atoms with Crippen LogP contribution in [0.2, 0.25) is 0 Å². The Morgan fingerprint density at radius 1 is 0.714 bits per heavy atom. The number of nitrogens with zero attached hydrogens (tertiary/aromatic N) is 2. The number of hydrogen-bond acceptors (Lipinski definition) is 6. The molecular weight excluding hydrogens is 448 g/mol. The van der Waals surface area contributed by atoms with E-state index in [1.807, 2.05) is 0 Å². The third-order valence-electron chi connectivity index (χ3n) is 2.55. The Hall–Kier alpha value is -0.840. The molecule has 0 aliphatic rings. The molecule has 0 unspecified atom stereocenters. The lowest BCUT2D eigenvalue weighted by molar-refractivity contribution is 0.584. The number of aromatic nitrogens is 2. The van der Waals surface area contributed by atoms with Crippen molar-refractivity contribution in [1.29, 1.82) is 0 Å². The summed E-state index contributed by atoms with van der Waals surface area (Å²) in [6, 6.07) is 4.87. The fourth-order valence-corrected chi connectivity index (χ4v) is 6.94. The fraction of sp³-hybridized carbons (Fsp3) is 0.0909. The maximum absolute atomic E-state index is 12.6. The van der Waals surface area contributed by atoms with Gasteiger partial charge in [0.2, 0.25) is 19.7 Å². The van der Waals surface area contributed by atoms with Crippen molar-refractivity contribution in [2.75, 3.05) is 0 Å². The molecule has 6 nitrogen and oxygen atoms in total. The zero-order valence-corrected chi connectivity index (χ0v) is 15.0. The molecule has 0 bridgehead atoms. The Bertz CT molecular complexity index is 767. The van der Waals surface area contributed by atoms with Gasteiger partial charge in [-0.1, -0.05) is 0 Å². The van der Waals surface area contributed by atoms with Crippen LogP contribution in [0.15, 0.2) is 58.8 Å². The van der Waals surface area contributed by atoms with E-state index in [1.54, 1.807) is 0 Å². The van der Waals surface area contributed by atoms with Crippen LogP contribution in [-0.4, -0.2) is 28.7 Å². The second kappa shape index (κ2) is 5.75. The van der Waals surface area contributed by atoms with Crippen LogP contribution in [-0.2, 0) is 19.7 Å². The van der Waals surface area contributed by atoms with E-state index >= 15 is 0 Å². The van der Waals surface area contributed by atoms with Gasteiger partial charge in [-0.05, 0) is 56.1 Å². The van der Waals surface area contributed by atoms with Crippen LogP contribution < -0.4 is 0 Å². The Kier molecular flexibility index (Phi) is 4.52. The molecule has 2 rings (SSSR count). The molecule has 0 atom stereocenters. The molecule has 0 aliphatic carbocycles. The average molecular weight is 456 g/mol. The number of hydrogen-bond donors (Lipinski definition) is 0. The zero-order valence-electron chi connectivity index (χ0n) is 10.2. The van der Waals surface area contributed by atoms with Crippen LogP contribution in [0.1, 0.15) is 0 Å².